The van der Waals surface area contributed by atoms with E-state index in [-0.39, 0.29) is 5.02 Å². The number of hydrogen-bond acceptors (Lipinski definition) is 4. The van der Waals surface area contributed by atoms with Crippen LogP contribution in [0.3, 0.4) is 0 Å². The third-order valence-corrected chi connectivity index (χ3v) is 4.49. The Hall–Kier alpha value is -1.95. The largest absolute Gasteiger partial charge is 0.253 e. The van der Waals surface area contributed by atoms with Gasteiger partial charge in [0.15, 0.2) is 0 Å². The van der Waals surface area contributed by atoms with Gasteiger partial charge >= 0.3 is 0 Å². The highest BCUT2D eigenvalue weighted by molar-refractivity contribution is 7.18. The first-order valence-corrected chi connectivity index (χ1v) is 8.15. The van der Waals surface area contributed by atoms with Gasteiger partial charge in [-0.25, -0.2) is 9.37 Å². The molecule has 0 saturated heterocycles. The van der Waals surface area contributed by atoms with Crippen LogP contribution in [-0.4, -0.2) is 11.2 Å². The van der Waals surface area contributed by atoms with Crippen molar-refractivity contribution in [3.05, 3.63) is 70.1 Å². The van der Waals surface area contributed by atoms with Crippen LogP contribution in [0.15, 0.2) is 53.8 Å². The molecule has 2 aromatic carbocycles. The molecule has 0 aliphatic rings. The summed E-state index contributed by atoms with van der Waals surface area (Å²) in [6.07, 6.45) is 3.30. The van der Waals surface area contributed by atoms with Gasteiger partial charge in [-0.05, 0) is 17.7 Å². The lowest BCUT2D eigenvalue weighted by molar-refractivity contribution is 0.629. The van der Waals surface area contributed by atoms with Crippen molar-refractivity contribution < 1.29 is 4.39 Å². The molecule has 23 heavy (non-hydrogen) atoms. The summed E-state index contributed by atoms with van der Waals surface area (Å²) in [5.74, 6) is -0.518. The van der Waals surface area contributed by atoms with Crippen LogP contribution < -0.4 is 5.43 Å². The number of benzene rings is 2. The van der Waals surface area contributed by atoms with Gasteiger partial charge in [0.2, 0.25) is 5.13 Å². The summed E-state index contributed by atoms with van der Waals surface area (Å²) in [7, 11) is 0. The second-order valence-electron chi connectivity index (χ2n) is 4.56. The van der Waals surface area contributed by atoms with Gasteiger partial charge in [-0.15, -0.1) is 0 Å². The van der Waals surface area contributed by atoms with Crippen LogP contribution in [0.5, 0.6) is 0 Å². The van der Waals surface area contributed by atoms with Crippen LogP contribution in [0.25, 0.3) is 10.4 Å². The average Bonchev–Trinajstić information content (AvgIpc) is 3.00. The first-order valence-electron chi connectivity index (χ1n) is 6.58. The topological polar surface area (TPSA) is 37.3 Å². The zero-order valence-electron chi connectivity index (χ0n) is 11.6. The zero-order valence-corrected chi connectivity index (χ0v) is 14.0. The van der Waals surface area contributed by atoms with Crippen LogP contribution in [0, 0.1) is 5.82 Å². The van der Waals surface area contributed by atoms with Crippen LogP contribution >= 0.6 is 34.5 Å². The van der Waals surface area contributed by atoms with Gasteiger partial charge in [-0.3, -0.25) is 5.43 Å². The second-order valence-corrected chi connectivity index (χ2v) is 6.40. The normalized spacial score (nSPS) is 11.1. The van der Waals surface area contributed by atoms with Gasteiger partial charge in [-0.2, -0.15) is 5.10 Å². The standard InChI is InChI=1S/C16H10Cl2FN3S/c17-12-7-13(18)14(19)6-11(12)15-9-20-16(23-15)22-21-8-10-4-2-1-3-5-10/h1-9H,(H,20,22)/b21-8+. The molecule has 0 aliphatic carbocycles. The van der Waals surface area contributed by atoms with Crippen molar-refractivity contribution in [2.75, 3.05) is 5.43 Å². The third kappa shape index (κ3) is 3.88. The summed E-state index contributed by atoms with van der Waals surface area (Å²) in [5, 5.41) is 5.07. The van der Waals surface area contributed by atoms with Gasteiger partial charge < -0.3 is 0 Å². The number of nitrogens with zero attached hydrogens (tertiary/aromatic N) is 2. The lowest BCUT2D eigenvalue weighted by Crippen LogP contribution is -1.88. The first kappa shape index (κ1) is 15.9. The maximum Gasteiger partial charge on any atom is 0.203 e. The maximum absolute atomic E-state index is 13.6. The molecule has 1 aromatic heterocycles. The maximum atomic E-state index is 13.6. The summed E-state index contributed by atoms with van der Waals surface area (Å²) < 4.78 is 13.6. The third-order valence-electron chi connectivity index (χ3n) is 2.95. The Labute approximate surface area is 146 Å². The number of rotatable bonds is 4. The Balaban J connectivity index is 1.76. The van der Waals surface area contributed by atoms with Gasteiger partial charge in [0, 0.05) is 11.8 Å². The molecule has 0 atom stereocenters. The Morgan fingerprint density at radius 3 is 2.70 bits per heavy atom. The van der Waals surface area contributed by atoms with Gasteiger partial charge in [-0.1, -0.05) is 64.9 Å². The number of anilines is 1. The molecule has 3 aromatic rings. The van der Waals surface area contributed by atoms with Gasteiger partial charge in [0.25, 0.3) is 0 Å². The zero-order chi connectivity index (χ0) is 16.2. The van der Waals surface area contributed by atoms with E-state index >= 15 is 0 Å². The Bertz CT molecular complexity index is 850. The van der Waals surface area contributed by atoms with Crippen molar-refractivity contribution in [1.82, 2.24) is 4.98 Å². The van der Waals surface area contributed by atoms with Crippen molar-refractivity contribution in [3.8, 4) is 10.4 Å². The molecular weight excluding hydrogens is 356 g/mol. The van der Waals surface area contributed by atoms with Crippen molar-refractivity contribution in [3.63, 3.8) is 0 Å². The molecule has 7 heteroatoms. The smallest absolute Gasteiger partial charge is 0.203 e. The van der Waals surface area contributed by atoms with E-state index in [0.29, 0.717) is 15.7 Å². The SMILES string of the molecule is Fc1cc(-c2cnc(N/N=C/c3ccccc3)s2)c(Cl)cc1Cl. The fourth-order valence-electron chi connectivity index (χ4n) is 1.86. The minimum atomic E-state index is -0.518. The summed E-state index contributed by atoms with van der Waals surface area (Å²) in [5.41, 5.74) is 4.36. The van der Waals surface area contributed by atoms with E-state index in [9.17, 15) is 4.39 Å². The molecule has 1 heterocycles. The molecule has 0 radical (unpaired) electrons. The molecule has 0 bridgehead atoms. The number of aromatic nitrogens is 1. The molecule has 0 amide bonds. The molecule has 0 unspecified atom stereocenters. The molecule has 116 valence electrons. The highest BCUT2D eigenvalue weighted by atomic mass is 35.5. The summed E-state index contributed by atoms with van der Waals surface area (Å²) in [6, 6.07) is 12.4. The van der Waals surface area contributed by atoms with E-state index < -0.39 is 5.82 Å². The summed E-state index contributed by atoms with van der Waals surface area (Å²) in [6.45, 7) is 0. The quantitative estimate of drug-likeness (QED) is 0.365. The molecule has 0 spiro atoms. The lowest BCUT2D eigenvalue weighted by atomic mass is 10.2. The first-order chi connectivity index (χ1) is 11.1. The van der Waals surface area contributed by atoms with E-state index in [1.807, 2.05) is 30.3 Å². The molecular formula is C16H10Cl2FN3S. The molecule has 0 saturated carbocycles. The van der Waals surface area contributed by atoms with Gasteiger partial charge in [0.05, 0.1) is 21.1 Å². The predicted molar refractivity (Wildman–Crippen MR) is 95.2 cm³/mol. The average molecular weight is 366 g/mol. The molecule has 1 N–H and O–H groups in total. The molecule has 0 fully saturated rings. The van der Waals surface area contributed by atoms with Crippen LogP contribution in [0.1, 0.15) is 5.56 Å². The van der Waals surface area contributed by atoms with E-state index in [2.05, 4.69) is 15.5 Å². The Kier molecular flexibility index (Phi) is 4.91. The van der Waals surface area contributed by atoms with Gasteiger partial charge in [0.1, 0.15) is 5.82 Å². The van der Waals surface area contributed by atoms with Crippen LogP contribution in [0.2, 0.25) is 10.0 Å². The highest BCUT2D eigenvalue weighted by Gasteiger charge is 2.12. The van der Waals surface area contributed by atoms with Crippen molar-refractivity contribution >= 4 is 45.9 Å². The lowest BCUT2D eigenvalue weighted by Gasteiger charge is -2.02. The fourth-order valence-corrected chi connectivity index (χ4v) is 3.20. The van der Waals surface area contributed by atoms with Crippen LogP contribution in [0.4, 0.5) is 9.52 Å². The van der Waals surface area contributed by atoms with E-state index in [1.54, 1.807) is 12.4 Å². The monoisotopic (exact) mass is 365 g/mol. The van der Waals surface area contributed by atoms with E-state index in [1.165, 1.54) is 23.5 Å². The van der Waals surface area contributed by atoms with E-state index in [4.69, 9.17) is 23.2 Å². The number of hydrazone groups is 1. The summed E-state index contributed by atoms with van der Waals surface area (Å²) in [4.78, 5) is 4.92. The minimum Gasteiger partial charge on any atom is -0.253 e. The highest BCUT2D eigenvalue weighted by Crippen LogP contribution is 2.36. The van der Waals surface area contributed by atoms with E-state index in [0.717, 1.165) is 10.4 Å². The number of nitrogens with one attached hydrogen (secondary N) is 1. The van der Waals surface area contributed by atoms with Crippen LogP contribution in [-0.2, 0) is 0 Å². The Morgan fingerprint density at radius 1 is 1.13 bits per heavy atom. The number of halogens is 3. The van der Waals surface area contributed by atoms with Crippen molar-refractivity contribution in [2.45, 2.75) is 0 Å². The molecule has 3 nitrogen and oxygen atoms in total. The number of hydrogen-bond donors (Lipinski definition) is 1. The molecule has 3 rings (SSSR count). The second kappa shape index (κ2) is 7.08. The van der Waals surface area contributed by atoms with Crippen molar-refractivity contribution in [1.29, 1.82) is 0 Å². The number of thiazole rings is 1. The fraction of sp³-hybridized carbons (Fsp3) is 0. The molecule has 0 aliphatic heterocycles. The summed E-state index contributed by atoms with van der Waals surface area (Å²) >= 11 is 13.1. The Morgan fingerprint density at radius 2 is 1.91 bits per heavy atom. The predicted octanol–water partition coefficient (Wildman–Crippen LogP) is 5.70. The van der Waals surface area contributed by atoms with Crippen molar-refractivity contribution in [2.24, 2.45) is 5.10 Å². The minimum absolute atomic E-state index is 0.00549.